The monoisotopic (exact) mass is 729 g/mol. The molecule has 4 N–H and O–H groups in total. The molecule has 0 saturated heterocycles. The lowest BCUT2D eigenvalue weighted by Crippen LogP contribution is -1.99. The molecule has 0 heterocycles. The van der Waals surface area contributed by atoms with Crippen LogP contribution in [0.3, 0.4) is 0 Å². The van der Waals surface area contributed by atoms with Gasteiger partial charge in [0.25, 0.3) is 0 Å². The van der Waals surface area contributed by atoms with E-state index in [2.05, 4.69) is 74.5 Å². The van der Waals surface area contributed by atoms with Gasteiger partial charge in [0.15, 0.2) is 0 Å². The van der Waals surface area contributed by atoms with Gasteiger partial charge in [-0.1, -0.05) is 177 Å². The molecule has 0 aliphatic heterocycles. The lowest BCUT2D eigenvalue weighted by molar-refractivity contribution is 0.527. The zero-order chi connectivity index (χ0) is 38.1. The van der Waals surface area contributed by atoms with Crippen LogP contribution in [0.25, 0.3) is 0 Å². The largest absolute Gasteiger partial charge is 0.399 e. The Bertz CT molecular complexity index is 1430. The van der Waals surface area contributed by atoms with E-state index in [4.69, 9.17) is 11.5 Å². The van der Waals surface area contributed by atoms with Crippen LogP contribution >= 0.6 is 0 Å². The molecule has 0 aliphatic carbocycles. The summed E-state index contributed by atoms with van der Waals surface area (Å²) in [5.74, 6) is 0. The van der Waals surface area contributed by atoms with E-state index in [0.717, 1.165) is 24.2 Å². The summed E-state index contributed by atoms with van der Waals surface area (Å²) in [6, 6.07) is 31.2. The van der Waals surface area contributed by atoms with Gasteiger partial charge in [0.1, 0.15) is 0 Å². The SMILES string of the molecule is CCCCc1cc(Cc2ccc(N)cc2)ccc1CCCCCCCCCCCCCCCCCCc1ccc(Cc2ccc(N)cc2)cc1CCCC. The Balaban J connectivity index is 0.969. The Hall–Kier alpha value is -3.52. The number of nitrogens with two attached hydrogens (primary N) is 2. The van der Waals surface area contributed by atoms with Crippen LogP contribution in [0.1, 0.15) is 187 Å². The first-order valence-electron chi connectivity index (χ1n) is 22.4. The van der Waals surface area contributed by atoms with E-state index in [1.807, 2.05) is 24.3 Å². The van der Waals surface area contributed by atoms with Crippen molar-refractivity contribution in [2.45, 2.75) is 181 Å². The molecule has 0 spiro atoms. The van der Waals surface area contributed by atoms with Crippen LogP contribution in [0.2, 0.25) is 0 Å². The molecule has 54 heavy (non-hydrogen) atoms. The Morgan fingerprint density at radius 3 is 0.889 bits per heavy atom. The van der Waals surface area contributed by atoms with Gasteiger partial charge in [-0.3, -0.25) is 0 Å². The Morgan fingerprint density at radius 2 is 0.574 bits per heavy atom. The average molecular weight is 729 g/mol. The summed E-state index contributed by atoms with van der Waals surface area (Å²) in [6.07, 6.45) is 34.5. The molecule has 0 atom stereocenters. The fourth-order valence-corrected chi connectivity index (χ4v) is 8.11. The summed E-state index contributed by atoms with van der Waals surface area (Å²) in [5, 5.41) is 0. The Kier molecular flexibility index (Phi) is 21.1. The van der Waals surface area contributed by atoms with Crippen molar-refractivity contribution in [3.63, 3.8) is 0 Å². The Morgan fingerprint density at radius 1 is 0.296 bits per heavy atom. The van der Waals surface area contributed by atoms with Gasteiger partial charge in [-0.25, -0.2) is 0 Å². The summed E-state index contributed by atoms with van der Waals surface area (Å²) in [6.45, 7) is 4.61. The quantitative estimate of drug-likeness (QED) is 0.0432. The Labute approximate surface area is 332 Å². The molecule has 294 valence electrons. The molecular weight excluding hydrogens is 653 g/mol. The van der Waals surface area contributed by atoms with Gasteiger partial charge in [-0.2, -0.15) is 0 Å². The molecule has 2 heteroatoms. The van der Waals surface area contributed by atoms with Crippen molar-refractivity contribution in [2.75, 3.05) is 11.5 Å². The highest BCUT2D eigenvalue weighted by Gasteiger charge is 2.08. The van der Waals surface area contributed by atoms with Crippen LogP contribution in [0.4, 0.5) is 11.4 Å². The average Bonchev–Trinajstić information content (AvgIpc) is 3.18. The highest BCUT2D eigenvalue weighted by atomic mass is 14.5. The van der Waals surface area contributed by atoms with Crippen LogP contribution in [-0.2, 0) is 38.5 Å². The molecular formula is C52H76N2. The molecule has 0 radical (unpaired) electrons. The predicted octanol–water partition coefficient (Wildman–Crippen LogP) is 14.7. The predicted molar refractivity (Wildman–Crippen MR) is 239 cm³/mol. The van der Waals surface area contributed by atoms with Crippen molar-refractivity contribution < 1.29 is 0 Å². The van der Waals surface area contributed by atoms with Crippen LogP contribution in [0.15, 0.2) is 84.9 Å². The highest BCUT2D eigenvalue weighted by molar-refractivity contribution is 5.43. The minimum Gasteiger partial charge on any atom is -0.399 e. The summed E-state index contributed by atoms with van der Waals surface area (Å²) in [5.41, 5.74) is 25.3. The van der Waals surface area contributed by atoms with E-state index >= 15 is 0 Å². The van der Waals surface area contributed by atoms with Crippen LogP contribution in [-0.4, -0.2) is 0 Å². The molecule has 0 aromatic heterocycles. The maximum Gasteiger partial charge on any atom is 0.0314 e. The molecule has 0 fully saturated rings. The zero-order valence-electron chi connectivity index (χ0n) is 34.6. The van der Waals surface area contributed by atoms with Gasteiger partial charge in [0.2, 0.25) is 0 Å². The van der Waals surface area contributed by atoms with Gasteiger partial charge in [0, 0.05) is 11.4 Å². The third-order valence-electron chi connectivity index (χ3n) is 11.6. The maximum atomic E-state index is 5.89. The van der Waals surface area contributed by atoms with Crippen LogP contribution in [0, 0.1) is 0 Å². The van der Waals surface area contributed by atoms with Crippen molar-refractivity contribution in [2.24, 2.45) is 0 Å². The smallest absolute Gasteiger partial charge is 0.0314 e. The summed E-state index contributed by atoms with van der Waals surface area (Å²) in [4.78, 5) is 0. The third kappa shape index (κ3) is 17.3. The van der Waals surface area contributed by atoms with E-state index < -0.39 is 0 Å². The van der Waals surface area contributed by atoms with Crippen molar-refractivity contribution in [3.05, 3.63) is 129 Å². The van der Waals surface area contributed by atoms with Crippen molar-refractivity contribution >= 4 is 11.4 Å². The molecule has 4 aromatic rings. The topological polar surface area (TPSA) is 52.0 Å². The molecule has 0 aliphatic rings. The first-order valence-corrected chi connectivity index (χ1v) is 22.4. The molecule has 0 bridgehead atoms. The number of aryl methyl sites for hydroxylation is 4. The van der Waals surface area contributed by atoms with E-state index in [0.29, 0.717) is 0 Å². The normalized spacial score (nSPS) is 11.4. The summed E-state index contributed by atoms with van der Waals surface area (Å²) < 4.78 is 0. The van der Waals surface area contributed by atoms with Crippen molar-refractivity contribution in [3.8, 4) is 0 Å². The fourth-order valence-electron chi connectivity index (χ4n) is 8.11. The third-order valence-corrected chi connectivity index (χ3v) is 11.6. The fraction of sp³-hybridized carbons (Fsp3) is 0.538. The summed E-state index contributed by atoms with van der Waals surface area (Å²) >= 11 is 0. The van der Waals surface area contributed by atoms with Crippen molar-refractivity contribution in [1.82, 2.24) is 0 Å². The number of unbranched alkanes of at least 4 members (excludes halogenated alkanes) is 17. The number of hydrogen-bond donors (Lipinski definition) is 2. The number of hydrogen-bond acceptors (Lipinski definition) is 2. The van der Waals surface area contributed by atoms with Gasteiger partial charge >= 0.3 is 0 Å². The lowest BCUT2D eigenvalue weighted by atomic mass is 9.93. The minimum atomic E-state index is 0.841. The maximum absolute atomic E-state index is 5.89. The number of benzene rings is 4. The lowest BCUT2D eigenvalue weighted by Gasteiger charge is -2.13. The minimum absolute atomic E-state index is 0.841. The van der Waals surface area contributed by atoms with Crippen molar-refractivity contribution in [1.29, 1.82) is 0 Å². The van der Waals surface area contributed by atoms with Crippen LogP contribution < -0.4 is 11.5 Å². The second-order valence-electron chi connectivity index (χ2n) is 16.4. The van der Waals surface area contributed by atoms with E-state index in [1.54, 1.807) is 22.3 Å². The first-order chi connectivity index (χ1) is 26.5. The summed E-state index contributed by atoms with van der Waals surface area (Å²) in [7, 11) is 0. The second-order valence-corrected chi connectivity index (χ2v) is 16.4. The van der Waals surface area contributed by atoms with E-state index in [-0.39, 0.29) is 0 Å². The molecule has 0 saturated carbocycles. The highest BCUT2D eigenvalue weighted by Crippen LogP contribution is 2.23. The van der Waals surface area contributed by atoms with E-state index in [9.17, 15) is 0 Å². The van der Waals surface area contributed by atoms with Gasteiger partial charge < -0.3 is 11.5 Å². The van der Waals surface area contributed by atoms with Gasteiger partial charge in [-0.05, 0) is 133 Å². The van der Waals surface area contributed by atoms with Crippen LogP contribution in [0.5, 0.6) is 0 Å². The molecule has 2 nitrogen and oxygen atoms in total. The molecule has 4 aromatic carbocycles. The molecule has 4 rings (SSSR count). The zero-order valence-corrected chi connectivity index (χ0v) is 34.6. The number of nitrogen functional groups attached to an aromatic ring is 2. The van der Waals surface area contributed by atoms with Gasteiger partial charge in [0.05, 0.1) is 0 Å². The first kappa shape index (κ1) is 43.2. The van der Waals surface area contributed by atoms with E-state index in [1.165, 1.54) is 176 Å². The standard InChI is InChI=1S/C52H76N2/c1-3-5-23-49-41-45(39-43-29-35-51(53)36-30-43)27-33-47(49)25-21-19-17-15-13-11-9-7-8-10-12-14-16-18-20-22-26-48-34-28-46(42-50(48)24-6-4-2)40-44-31-37-52(54)38-32-44/h27-38,41-42H,3-26,39-40,53-54H2,1-2H3. The number of anilines is 2. The molecule has 0 unspecified atom stereocenters. The second kappa shape index (κ2) is 26.3. The number of rotatable bonds is 29. The molecule has 0 amide bonds. The van der Waals surface area contributed by atoms with Gasteiger partial charge in [-0.15, -0.1) is 0 Å².